The molecule has 112 valence electrons. The zero-order valence-electron chi connectivity index (χ0n) is 11.3. The molecule has 0 aromatic carbocycles. The van der Waals surface area contributed by atoms with Gasteiger partial charge < -0.3 is 9.64 Å². The minimum Gasteiger partial charge on any atom is -0.479 e. The molecule has 1 N–H and O–H groups in total. The molecule has 0 amide bonds. The van der Waals surface area contributed by atoms with E-state index < -0.39 is 15.8 Å². The smallest absolute Gasteiger partial charge is 0.255 e. The molecule has 2 rings (SSSR count). The average Bonchev–Trinajstić information content (AvgIpc) is 2.38. The number of hydrogen-bond donors (Lipinski definition) is 1. The van der Waals surface area contributed by atoms with Crippen molar-refractivity contribution in [1.82, 2.24) is 14.7 Å². The minimum atomic E-state index is -3.19. The average molecular weight is 304 g/mol. The summed E-state index contributed by atoms with van der Waals surface area (Å²) in [7, 11) is -1.85. The molecular formula is C11H17FN4O3S. The van der Waals surface area contributed by atoms with Gasteiger partial charge in [-0.05, 0) is 12.8 Å². The molecule has 1 aliphatic rings. The lowest BCUT2D eigenvalue weighted by Gasteiger charge is -2.31. The Morgan fingerprint density at radius 2 is 2.10 bits per heavy atom. The van der Waals surface area contributed by atoms with Gasteiger partial charge in [0.15, 0.2) is 0 Å². The molecule has 0 unspecified atom stereocenters. The fourth-order valence-electron chi connectivity index (χ4n) is 2.14. The molecule has 1 saturated heterocycles. The number of methoxy groups -OCH3 is 1. The van der Waals surface area contributed by atoms with Crippen LogP contribution < -0.4 is 14.4 Å². The lowest BCUT2D eigenvalue weighted by Crippen LogP contribution is -2.44. The first-order valence-electron chi connectivity index (χ1n) is 6.18. The van der Waals surface area contributed by atoms with E-state index in [2.05, 4.69) is 14.7 Å². The van der Waals surface area contributed by atoms with Gasteiger partial charge >= 0.3 is 0 Å². The van der Waals surface area contributed by atoms with Crippen LogP contribution in [0.3, 0.4) is 0 Å². The summed E-state index contributed by atoms with van der Waals surface area (Å²) >= 11 is 0. The van der Waals surface area contributed by atoms with Crippen LogP contribution in [0, 0.1) is 5.82 Å². The molecule has 1 aromatic heterocycles. The summed E-state index contributed by atoms with van der Waals surface area (Å²) in [5, 5.41) is 0. The lowest BCUT2D eigenvalue weighted by molar-refractivity contribution is 0.365. The molecule has 9 heteroatoms. The maximum atomic E-state index is 13.2. The SMILES string of the molecule is COc1nc(N2CCC(NS(C)(=O)=O)CC2)ncc1F. The molecular weight excluding hydrogens is 287 g/mol. The number of halogens is 1. The second kappa shape index (κ2) is 5.88. The van der Waals surface area contributed by atoms with Crippen LogP contribution >= 0.6 is 0 Å². The van der Waals surface area contributed by atoms with Crippen molar-refractivity contribution in [3.05, 3.63) is 12.0 Å². The molecule has 0 aliphatic carbocycles. The fourth-order valence-corrected chi connectivity index (χ4v) is 2.98. The highest BCUT2D eigenvalue weighted by atomic mass is 32.2. The summed E-state index contributed by atoms with van der Waals surface area (Å²) in [6.45, 7) is 1.20. The Balaban J connectivity index is 2.00. The molecule has 0 saturated carbocycles. The van der Waals surface area contributed by atoms with E-state index >= 15 is 0 Å². The monoisotopic (exact) mass is 304 g/mol. The van der Waals surface area contributed by atoms with Crippen molar-refractivity contribution >= 4 is 16.0 Å². The summed E-state index contributed by atoms with van der Waals surface area (Å²) in [5.74, 6) is -0.308. The van der Waals surface area contributed by atoms with Gasteiger partial charge in [-0.3, -0.25) is 0 Å². The van der Waals surface area contributed by atoms with E-state index in [-0.39, 0.29) is 11.9 Å². The standard InChI is InChI=1S/C11H17FN4O3S/c1-19-10-9(12)7-13-11(14-10)16-5-3-8(4-6-16)15-20(2,17)18/h7-8,15H,3-6H2,1-2H3. The molecule has 7 nitrogen and oxygen atoms in total. The maximum Gasteiger partial charge on any atom is 0.255 e. The van der Waals surface area contributed by atoms with Gasteiger partial charge in [0.05, 0.1) is 19.6 Å². The zero-order valence-corrected chi connectivity index (χ0v) is 12.2. The van der Waals surface area contributed by atoms with Crippen molar-refractivity contribution in [2.45, 2.75) is 18.9 Å². The predicted molar refractivity (Wildman–Crippen MR) is 71.8 cm³/mol. The second-order valence-corrected chi connectivity index (χ2v) is 6.46. The normalized spacial score (nSPS) is 17.2. The third-order valence-corrected chi connectivity index (χ3v) is 3.81. The van der Waals surface area contributed by atoms with Crippen LogP contribution in [-0.4, -0.2) is 50.9 Å². The number of ether oxygens (including phenoxy) is 1. The first kappa shape index (κ1) is 14.9. The first-order valence-corrected chi connectivity index (χ1v) is 8.07. The van der Waals surface area contributed by atoms with Crippen LogP contribution in [-0.2, 0) is 10.0 Å². The van der Waals surface area contributed by atoms with Crippen molar-refractivity contribution in [2.75, 3.05) is 31.4 Å². The van der Waals surface area contributed by atoms with E-state index in [1.807, 2.05) is 4.90 Å². The molecule has 0 bridgehead atoms. The van der Waals surface area contributed by atoms with Crippen molar-refractivity contribution in [1.29, 1.82) is 0 Å². The predicted octanol–water partition coefficient (Wildman–Crippen LogP) is 0.142. The van der Waals surface area contributed by atoms with Crippen LogP contribution in [0.4, 0.5) is 10.3 Å². The first-order chi connectivity index (χ1) is 9.39. The van der Waals surface area contributed by atoms with E-state index in [4.69, 9.17) is 4.74 Å². The lowest BCUT2D eigenvalue weighted by atomic mass is 10.1. The Morgan fingerprint density at radius 1 is 1.45 bits per heavy atom. The van der Waals surface area contributed by atoms with Gasteiger partial charge in [0, 0.05) is 19.1 Å². The summed E-state index contributed by atoms with van der Waals surface area (Å²) in [6.07, 6.45) is 3.52. The Bertz CT molecular complexity index is 573. The molecule has 1 fully saturated rings. The Morgan fingerprint density at radius 3 is 2.65 bits per heavy atom. The van der Waals surface area contributed by atoms with E-state index in [1.54, 1.807) is 0 Å². The number of rotatable bonds is 4. The second-order valence-electron chi connectivity index (χ2n) is 4.68. The molecule has 1 aliphatic heterocycles. The quantitative estimate of drug-likeness (QED) is 0.852. The van der Waals surface area contributed by atoms with Gasteiger partial charge in [0.2, 0.25) is 21.8 Å². The minimum absolute atomic E-state index is 0.0800. The summed E-state index contributed by atoms with van der Waals surface area (Å²) in [6, 6.07) is -0.0800. The van der Waals surface area contributed by atoms with E-state index in [0.29, 0.717) is 31.9 Å². The number of nitrogens with one attached hydrogen (secondary N) is 1. The molecule has 0 spiro atoms. The number of anilines is 1. The van der Waals surface area contributed by atoms with Gasteiger partial charge in [0.25, 0.3) is 5.88 Å². The van der Waals surface area contributed by atoms with E-state index in [9.17, 15) is 12.8 Å². The number of hydrogen-bond acceptors (Lipinski definition) is 6. The number of aromatic nitrogens is 2. The van der Waals surface area contributed by atoms with Gasteiger partial charge in [-0.2, -0.15) is 9.37 Å². The van der Waals surface area contributed by atoms with Crippen molar-refractivity contribution < 1.29 is 17.5 Å². The largest absolute Gasteiger partial charge is 0.479 e. The van der Waals surface area contributed by atoms with E-state index in [0.717, 1.165) is 12.5 Å². The Labute approximate surface area is 117 Å². The van der Waals surface area contributed by atoms with Gasteiger partial charge in [-0.15, -0.1) is 0 Å². The summed E-state index contributed by atoms with van der Waals surface area (Å²) in [5.41, 5.74) is 0. The highest BCUT2D eigenvalue weighted by Crippen LogP contribution is 2.20. The van der Waals surface area contributed by atoms with Crippen molar-refractivity contribution in [2.24, 2.45) is 0 Å². The Kier molecular flexibility index (Phi) is 4.39. The molecule has 20 heavy (non-hydrogen) atoms. The summed E-state index contributed by atoms with van der Waals surface area (Å²) in [4.78, 5) is 9.80. The molecule has 0 atom stereocenters. The number of piperidine rings is 1. The van der Waals surface area contributed by atoms with Crippen molar-refractivity contribution in [3.63, 3.8) is 0 Å². The Hall–Kier alpha value is -1.48. The topological polar surface area (TPSA) is 84.4 Å². The summed E-state index contributed by atoms with van der Waals surface area (Å²) < 4.78 is 43.0. The number of sulfonamides is 1. The molecule has 1 aromatic rings. The third-order valence-electron chi connectivity index (χ3n) is 3.05. The van der Waals surface area contributed by atoms with Crippen LogP contribution in [0.1, 0.15) is 12.8 Å². The fraction of sp³-hybridized carbons (Fsp3) is 0.636. The highest BCUT2D eigenvalue weighted by molar-refractivity contribution is 7.88. The van der Waals surface area contributed by atoms with Crippen LogP contribution in [0.15, 0.2) is 6.20 Å². The molecule has 2 heterocycles. The zero-order chi connectivity index (χ0) is 14.8. The maximum absolute atomic E-state index is 13.2. The highest BCUT2D eigenvalue weighted by Gasteiger charge is 2.23. The van der Waals surface area contributed by atoms with Crippen molar-refractivity contribution in [3.8, 4) is 5.88 Å². The van der Waals surface area contributed by atoms with Gasteiger partial charge in [0.1, 0.15) is 0 Å². The van der Waals surface area contributed by atoms with Gasteiger partial charge in [-0.25, -0.2) is 18.1 Å². The van der Waals surface area contributed by atoms with Crippen LogP contribution in [0.2, 0.25) is 0 Å². The number of nitrogens with zero attached hydrogens (tertiary/aromatic N) is 3. The van der Waals surface area contributed by atoms with Crippen LogP contribution in [0.25, 0.3) is 0 Å². The molecule has 0 radical (unpaired) electrons. The third kappa shape index (κ3) is 3.76. The van der Waals surface area contributed by atoms with Crippen LogP contribution in [0.5, 0.6) is 5.88 Å². The van der Waals surface area contributed by atoms with Gasteiger partial charge in [-0.1, -0.05) is 0 Å². The van der Waals surface area contributed by atoms with E-state index in [1.165, 1.54) is 7.11 Å².